The molecule has 0 unspecified atom stereocenters. The van der Waals surface area contributed by atoms with E-state index in [1.807, 2.05) is 0 Å². The Morgan fingerprint density at radius 3 is 2.22 bits per heavy atom. The van der Waals surface area contributed by atoms with Crippen molar-refractivity contribution in [2.45, 2.75) is 19.3 Å². The molecule has 0 aliphatic heterocycles. The summed E-state index contributed by atoms with van der Waals surface area (Å²) < 4.78 is 23.6. The van der Waals surface area contributed by atoms with Gasteiger partial charge in [-0.2, -0.15) is 0 Å². The van der Waals surface area contributed by atoms with Crippen LogP contribution in [0.5, 0.6) is 0 Å². The SMILES string of the molecule is OC[C@H]1CC[C@H]1C(F)F. The molecule has 0 aromatic rings. The van der Waals surface area contributed by atoms with Crippen molar-refractivity contribution in [2.24, 2.45) is 11.8 Å². The molecule has 0 bridgehead atoms. The van der Waals surface area contributed by atoms with Crippen molar-refractivity contribution >= 4 is 0 Å². The number of hydrogen-bond acceptors (Lipinski definition) is 1. The lowest BCUT2D eigenvalue weighted by atomic mass is 9.74. The normalized spacial score (nSPS) is 34.7. The van der Waals surface area contributed by atoms with Gasteiger partial charge in [0.25, 0.3) is 0 Å². The van der Waals surface area contributed by atoms with Gasteiger partial charge in [0.15, 0.2) is 0 Å². The van der Waals surface area contributed by atoms with E-state index in [1.165, 1.54) is 0 Å². The minimum atomic E-state index is -2.23. The molecule has 1 saturated carbocycles. The van der Waals surface area contributed by atoms with Gasteiger partial charge in [-0.3, -0.25) is 0 Å². The van der Waals surface area contributed by atoms with Crippen LogP contribution in [0.4, 0.5) is 8.78 Å². The van der Waals surface area contributed by atoms with Crippen LogP contribution in [-0.4, -0.2) is 18.1 Å². The summed E-state index contributed by atoms with van der Waals surface area (Å²) in [4.78, 5) is 0. The molecular formula is C6H10F2O. The van der Waals surface area contributed by atoms with Gasteiger partial charge in [-0.1, -0.05) is 0 Å². The van der Waals surface area contributed by atoms with Crippen molar-refractivity contribution in [3.8, 4) is 0 Å². The molecule has 0 radical (unpaired) electrons. The van der Waals surface area contributed by atoms with E-state index >= 15 is 0 Å². The first-order valence-electron chi connectivity index (χ1n) is 3.14. The summed E-state index contributed by atoms with van der Waals surface area (Å²) in [5, 5.41) is 8.47. The molecule has 0 heterocycles. The zero-order chi connectivity index (χ0) is 6.85. The van der Waals surface area contributed by atoms with Gasteiger partial charge in [0.2, 0.25) is 6.43 Å². The van der Waals surface area contributed by atoms with Gasteiger partial charge < -0.3 is 5.11 Å². The van der Waals surface area contributed by atoms with E-state index in [0.717, 1.165) is 6.42 Å². The highest BCUT2D eigenvalue weighted by molar-refractivity contribution is 4.81. The van der Waals surface area contributed by atoms with Crippen LogP contribution in [-0.2, 0) is 0 Å². The molecule has 1 nitrogen and oxygen atoms in total. The minimum Gasteiger partial charge on any atom is -0.396 e. The first-order chi connectivity index (χ1) is 4.25. The van der Waals surface area contributed by atoms with E-state index in [-0.39, 0.29) is 12.5 Å². The van der Waals surface area contributed by atoms with Crippen molar-refractivity contribution in [2.75, 3.05) is 6.61 Å². The molecule has 1 aliphatic carbocycles. The van der Waals surface area contributed by atoms with Crippen LogP contribution in [0.15, 0.2) is 0 Å². The van der Waals surface area contributed by atoms with Crippen LogP contribution >= 0.6 is 0 Å². The van der Waals surface area contributed by atoms with Crippen LogP contribution in [0.1, 0.15) is 12.8 Å². The average molecular weight is 136 g/mol. The van der Waals surface area contributed by atoms with Crippen molar-refractivity contribution in [1.29, 1.82) is 0 Å². The molecule has 1 aliphatic rings. The fraction of sp³-hybridized carbons (Fsp3) is 1.00. The molecule has 2 atom stereocenters. The van der Waals surface area contributed by atoms with Gasteiger partial charge in [0.05, 0.1) is 0 Å². The smallest absolute Gasteiger partial charge is 0.241 e. The Kier molecular flexibility index (Phi) is 2.01. The third kappa shape index (κ3) is 1.21. The number of aliphatic hydroxyl groups is 1. The Hall–Kier alpha value is -0.180. The molecule has 0 amide bonds. The average Bonchev–Trinajstić information content (AvgIpc) is 1.61. The Morgan fingerprint density at radius 1 is 1.44 bits per heavy atom. The summed E-state index contributed by atoms with van der Waals surface area (Å²) in [6.07, 6.45) is -0.870. The summed E-state index contributed by atoms with van der Waals surface area (Å²) >= 11 is 0. The Morgan fingerprint density at radius 2 is 2.11 bits per heavy atom. The maximum absolute atomic E-state index is 11.8. The van der Waals surface area contributed by atoms with Crippen LogP contribution < -0.4 is 0 Å². The van der Waals surface area contributed by atoms with Gasteiger partial charge in [-0.25, -0.2) is 8.78 Å². The summed E-state index contributed by atoms with van der Waals surface area (Å²) in [6.45, 7) is -0.0744. The summed E-state index contributed by atoms with van der Waals surface area (Å²) in [6, 6.07) is 0. The van der Waals surface area contributed by atoms with Crippen LogP contribution in [0.2, 0.25) is 0 Å². The van der Waals surface area contributed by atoms with Crippen molar-refractivity contribution in [1.82, 2.24) is 0 Å². The Labute approximate surface area is 52.7 Å². The molecule has 9 heavy (non-hydrogen) atoms. The molecule has 0 aromatic heterocycles. The highest BCUT2D eigenvalue weighted by Crippen LogP contribution is 2.37. The lowest BCUT2D eigenvalue weighted by Gasteiger charge is -2.34. The third-order valence-corrected chi connectivity index (χ3v) is 2.03. The van der Waals surface area contributed by atoms with Gasteiger partial charge in [-0.05, 0) is 18.8 Å². The fourth-order valence-corrected chi connectivity index (χ4v) is 1.15. The maximum Gasteiger partial charge on any atom is 0.241 e. The zero-order valence-corrected chi connectivity index (χ0v) is 5.06. The third-order valence-electron chi connectivity index (χ3n) is 2.03. The van der Waals surface area contributed by atoms with Gasteiger partial charge in [-0.15, -0.1) is 0 Å². The second-order valence-electron chi connectivity index (χ2n) is 2.52. The maximum atomic E-state index is 11.8. The minimum absolute atomic E-state index is 0.0744. The second-order valence-corrected chi connectivity index (χ2v) is 2.52. The largest absolute Gasteiger partial charge is 0.396 e. The first-order valence-corrected chi connectivity index (χ1v) is 3.14. The quantitative estimate of drug-likeness (QED) is 0.606. The molecule has 0 aromatic carbocycles. The Balaban J connectivity index is 2.27. The van der Waals surface area contributed by atoms with Crippen LogP contribution in [0, 0.1) is 11.8 Å². The number of hydrogen-bond donors (Lipinski definition) is 1. The molecule has 1 fully saturated rings. The summed E-state index contributed by atoms with van der Waals surface area (Å²) in [5.41, 5.74) is 0. The monoisotopic (exact) mass is 136 g/mol. The van der Waals surface area contributed by atoms with E-state index in [2.05, 4.69) is 0 Å². The zero-order valence-electron chi connectivity index (χ0n) is 5.06. The first kappa shape index (κ1) is 6.93. The van der Waals surface area contributed by atoms with Crippen molar-refractivity contribution < 1.29 is 13.9 Å². The molecular weight excluding hydrogens is 126 g/mol. The number of aliphatic hydroxyl groups excluding tert-OH is 1. The second kappa shape index (κ2) is 2.60. The molecule has 0 spiro atoms. The number of rotatable bonds is 2. The van der Waals surface area contributed by atoms with Crippen LogP contribution in [0.3, 0.4) is 0 Å². The van der Waals surface area contributed by atoms with Gasteiger partial charge in [0.1, 0.15) is 0 Å². The highest BCUT2D eigenvalue weighted by Gasteiger charge is 2.36. The van der Waals surface area contributed by atoms with Gasteiger partial charge >= 0.3 is 0 Å². The predicted molar refractivity (Wildman–Crippen MR) is 29.3 cm³/mol. The summed E-state index contributed by atoms with van der Waals surface area (Å²) in [5.74, 6) is -0.639. The summed E-state index contributed by atoms with van der Waals surface area (Å²) in [7, 11) is 0. The fourth-order valence-electron chi connectivity index (χ4n) is 1.15. The van der Waals surface area contributed by atoms with Crippen molar-refractivity contribution in [3.63, 3.8) is 0 Å². The lowest BCUT2D eigenvalue weighted by molar-refractivity contribution is -0.0327. The van der Waals surface area contributed by atoms with Crippen LogP contribution in [0.25, 0.3) is 0 Å². The number of alkyl halides is 2. The molecule has 0 saturated heterocycles. The van der Waals surface area contributed by atoms with E-state index in [0.29, 0.717) is 6.42 Å². The standard InChI is InChI=1S/C6H10F2O/c7-6(8)5-2-1-4(5)3-9/h4-6,9H,1-3H2/t4-,5-/m1/s1. The van der Waals surface area contributed by atoms with E-state index < -0.39 is 12.3 Å². The molecule has 3 heteroatoms. The Bertz CT molecular complexity index is 93.1. The molecule has 1 N–H and O–H groups in total. The molecule has 54 valence electrons. The van der Waals surface area contributed by atoms with E-state index in [1.54, 1.807) is 0 Å². The predicted octanol–water partition coefficient (Wildman–Crippen LogP) is 1.27. The highest BCUT2D eigenvalue weighted by atomic mass is 19.3. The molecule has 1 rings (SSSR count). The van der Waals surface area contributed by atoms with E-state index in [9.17, 15) is 8.78 Å². The number of halogens is 2. The topological polar surface area (TPSA) is 20.2 Å². The van der Waals surface area contributed by atoms with Gasteiger partial charge in [0, 0.05) is 12.5 Å². The van der Waals surface area contributed by atoms with E-state index in [4.69, 9.17) is 5.11 Å². The lowest BCUT2D eigenvalue weighted by Crippen LogP contribution is -2.34. The van der Waals surface area contributed by atoms with Crippen molar-refractivity contribution in [3.05, 3.63) is 0 Å².